The van der Waals surface area contributed by atoms with Crippen LogP contribution >= 0.6 is 23.1 Å². The lowest BCUT2D eigenvalue weighted by Gasteiger charge is -2.07. The Balaban J connectivity index is 1.80. The van der Waals surface area contributed by atoms with Crippen LogP contribution in [0.5, 0.6) is 5.75 Å². The molecule has 0 bridgehead atoms. The Morgan fingerprint density at radius 3 is 2.78 bits per heavy atom. The minimum atomic E-state index is 0.634. The second-order valence-electron chi connectivity index (χ2n) is 3.89. The number of thioether (sulfide) groups is 1. The molecule has 0 saturated carbocycles. The minimum Gasteiger partial charge on any atom is -0.492 e. The largest absolute Gasteiger partial charge is 0.492 e. The van der Waals surface area contributed by atoms with Crippen LogP contribution in [0.1, 0.15) is 11.3 Å². The van der Waals surface area contributed by atoms with Crippen LogP contribution in [0.15, 0.2) is 28.5 Å². The predicted molar refractivity (Wildman–Crippen MR) is 78.7 cm³/mol. The summed E-state index contributed by atoms with van der Waals surface area (Å²) in [4.78, 5) is 4.20. The third kappa shape index (κ3) is 3.40. The van der Waals surface area contributed by atoms with Gasteiger partial charge in [-0.05, 0) is 25.5 Å². The zero-order valence-corrected chi connectivity index (χ0v) is 12.1. The Hall–Kier alpha value is -1.20. The van der Waals surface area contributed by atoms with Crippen LogP contribution in [0.3, 0.4) is 0 Å². The molecule has 0 atom stereocenters. The maximum Gasteiger partial charge on any atom is 0.181 e. The van der Waals surface area contributed by atoms with Crippen molar-refractivity contribution >= 4 is 28.2 Å². The van der Waals surface area contributed by atoms with E-state index in [0.717, 1.165) is 17.2 Å². The molecule has 0 amide bonds. The van der Waals surface area contributed by atoms with Gasteiger partial charge in [-0.25, -0.2) is 4.98 Å². The number of hydrogen-bond acceptors (Lipinski definition) is 5. The van der Waals surface area contributed by atoms with E-state index in [1.165, 1.54) is 21.1 Å². The Kier molecular flexibility index (Phi) is 4.49. The fourth-order valence-corrected chi connectivity index (χ4v) is 3.46. The highest BCUT2D eigenvalue weighted by atomic mass is 32.2. The van der Waals surface area contributed by atoms with Gasteiger partial charge in [0.15, 0.2) is 5.13 Å². The molecule has 0 aliphatic heterocycles. The molecule has 1 aromatic heterocycles. The summed E-state index contributed by atoms with van der Waals surface area (Å²) in [6.45, 7) is 4.72. The first kappa shape index (κ1) is 13.2. The molecular formula is C13H16N2OS2. The van der Waals surface area contributed by atoms with E-state index in [-0.39, 0.29) is 0 Å². The lowest BCUT2D eigenvalue weighted by Crippen LogP contribution is -2.01. The molecule has 2 aromatic rings. The second-order valence-corrected chi connectivity index (χ2v) is 6.28. The normalized spacial score (nSPS) is 10.6. The van der Waals surface area contributed by atoms with Crippen molar-refractivity contribution in [1.82, 2.24) is 4.98 Å². The molecular weight excluding hydrogens is 264 g/mol. The Labute approximate surface area is 115 Å². The first-order valence-electron chi connectivity index (χ1n) is 5.71. The fourth-order valence-electron chi connectivity index (χ4n) is 1.54. The zero-order chi connectivity index (χ0) is 13.0. The van der Waals surface area contributed by atoms with Crippen LogP contribution in [0.2, 0.25) is 0 Å². The van der Waals surface area contributed by atoms with Crippen LogP contribution in [0.4, 0.5) is 5.13 Å². The average Bonchev–Trinajstić information content (AvgIpc) is 2.65. The first-order valence-corrected chi connectivity index (χ1v) is 7.51. The molecule has 1 aromatic carbocycles. The number of nitrogens with zero attached hydrogens (tertiary/aromatic N) is 1. The van der Waals surface area contributed by atoms with Gasteiger partial charge in [0, 0.05) is 5.75 Å². The number of thiazole rings is 1. The van der Waals surface area contributed by atoms with Gasteiger partial charge in [-0.1, -0.05) is 29.5 Å². The van der Waals surface area contributed by atoms with Crippen molar-refractivity contribution in [3.05, 3.63) is 35.5 Å². The molecule has 0 fully saturated rings. The summed E-state index contributed by atoms with van der Waals surface area (Å²) in [6.07, 6.45) is 0. The number of aromatic nitrogens is 1. The summed E-state index contributed by atoms with van der Waals surface area (Å²) in [5, 5.41) is 0.634. The van der Waals surface area contributed by atoms with Crippen LogP contribution in [0.25, 0.3) is 0 Å². The van der Waals surface area contributed by atoms with Crippen molar-refractivity contribution in [1.29, 1.82) is 0 Å². The van der Waals surface area contributed by atoms with E-state index < -0.39 is 0 Å². The molecule has 96 valence electrons. The molecule has 0 spiro atoms. The van der Waals surface area contributed by atoms with Crippen molar-refractivity contribution in [3.63, 3.8) is 0 Å². The number of nitrogen functional groups attached to an aromatic ring is 1. The van der Waals surface area contributed by atoms with E-state index >= 15 is 0 Å². The molecule has 5 heteroatoms. The number of anilines is 1. The lowest BCUT2D eigenvalue weighted by molar-refractivity contribution is 0.341. The maximum absolute atomic E-state index is 5.74. The monoisotopic (exact) mass is 280 g/mol. The molecule has 2 rings (SSSR count). The molecule has 0 aliphatic carbocycles. The van der Waals surface area contributed by atoms with Crippen LogP contribution in [-0.4, -0.2) is 17.3 Å². The number of hydrogen-bond donors (Lipinski definition) is 1. The summed E-state index contributed by atoms with van der Waals surface area (Å²) >= 11 is 3.28. The van der Waals surface area contributed by atoms with Crippen LogP contribution in [-0.2, 0) is 0 Å². The van der Waals surface area contributed by atoms with E-state index in [1.54, 1.807) is 11.8 Å². The van der Waals surface area contributed by atoms with Gasteiger partial charge in [0.2, 0.25) is 0 Å². The Morgan fingerprint density at radius 1 is 1.33 bits per heavy atom. The highest BCUT2D eigenvalue weighted by Crippen LogP contribution is 2.30. The standard InChI is InChI=1S/C13H16N2OS2/c1-9-5-3-4-6-11(9)16-7-8-17-12-10(2)15-13(14)18-12/h3-6H,7-8H2,1-2H3,(H2,14,15). The zero-order valence-electron chi connectivity index (χ0n) is 10.5. The van der Waals surface area contributed by atoms with E-state index in [4.69, 9.17) is 10.5 Å². The van der Waals surface area contributed by atoms with Gasteiger partial charge < -0.3 is 10.5 Å². The fraction of sp³-hybridized carbons (Fsp3) is 0.308. The Bertz CT molecular complexity index is 525. The van der Waals surface area contributed by atoms with Gasteiger partial charge in [0.05, 0.1) is 16.5 Å². The lowest BCUT2D eigenvalue weighted by atomic mass is 10.2. The number of ether oxygens (including phenoxy) is 1. The maximum atomic E-state index is 5.74. The highest BCUT2D eigenvalue weighted by molar-refractivity contribution is 8.01. The summed E-state index contributed by atoms with van der Waals surface area (Å²) in [5.41, 5.74) is 7.84. The van der Waals surface area contributed by atoms with Crippen molar-refractivity contribution in [2.45, 2.75) is 18.1 Å². The first-order chi connectivity index (χ1) is 8.66. The number of benzene rings is 1. The highest BCUT2D eigenvalue weighted by Gasteiger charge is 2.05. The molecule has 2 N–H and O–H groups in total. The van der Waals surface area contributed by atoms with Gasteiger partial charge in [-0.15, -0.1) is 11.8 Å². The van der Waals surface area contributed by atoms with Gasteiger partial charge in [0.1, 0.15) is 5.75 Å². The molecule has 0 unspecified atom stereocenters. The van der Waals surface area contributed by atoms with Gasteiger partial charge in [0.25, 0.3) is 0 Å². The summed E-state index contributed by atoms with van der Waals surface area (Å²) in [6, 6.07) is 8.05. The number of nitrogens with two attached hydrogens (primary N) is 1. The number of para-hydroxylation sites is 1. The van der Waals surface area contributed by atoms with E-state index in [9.17, 15) is 0 Å². The van der Waals surface area contributed by atoms with Crippen LogP contribution in [0, 0.1) is 13.8 Å². The molecule has 3 nitrogen and oxygen atoms in total. The summed E-state index contributed by atoms with van der Waals surface area (Å²) < 4.78 is 6.92. The number of aryl methyl sites for hydroxylation is 2. The smallest absolute Gasteiger partial charge is 0.181 e. The Morgan fingerprint density at radius 2 is 2.11 bits per heavy atom. The van der Waals surface area contributed by atoms with E-state index in [2.05, 4.69) is 18.0 Å². The van der Waals surface area contributed by atoms with Crippen molar-refractivity contribution < 1.29 is 4.74 Å². The molecule has 0 radical (unpaired) electrons. The quantitative estimate of drug-likeness (QED) is 0.672. The van der Waals surface area contributed by atoms with Crippen molar-refractivity contribution in [2.24, 2.45) is 0 Å². The number of rotatable bonds is 5. The molecule has 1 heterocycles. The predicted octanol–water partition coefficient (Wildman–Crippen LogP) is 3.51. The summed E-state index contributed by atoms with van der Waals surface area (Å²) in [5.74, 6) is 1.86. The van der Waals surface area contributed by atoms with Crippen LogP contribution < -0.4 is 10.5 Å². The molecule has 18 heavy (non-hydrogen) atoms. The van der Waals surface area contributed by atoms with Crippen molar-refractivity contribution in [2.75, 3.05) is 18.1 Å². The van der Waals surface area contributed by atoms with Gasteiger partial charge in [-0.3, -0.25) is 0 Å². The SMILES string of the molecule is Cc1ccccc1OCCSc1sc(N)nc1C. The van der Waals surface area contributed by atoms with E-state index in [0.29, 0.717) is 11.7 Å². The molecule has 0 saturated heterocycles. The minimum absolute atomic E-state index is 0.634. The topological polar surface area (TPSA) is 48.1 Å². The third-order valence-electron chi connectivity index (χ3n) is 2.44. The van der Waals surface area contributed by atoms with Crippen molar-refractivity contribution in [3.8, 4) is 5.75 Å². The van der Waals surface area contributed by atoms with E-state index in [1.807, 2.05) is 25.1 Å². The third-order valence-corrected chi connectivity index (χ3v) is 4.75. The van der Waals surface area contributed by atoms with Gasteiger partial charge in [-0.2, -0.15) is 0 Å². The van der Waals surface area contributed by atoms with Gasteiger partial charge >= 0.3 is 0 Å². The summed E-state index contributed by atoms with van der Waals surface area (Å²) in [7, 11) is 0. The average molecular weight is 280 g/mol. The second kappa shape index (κ2) is 6.11. The molecule has 0 aliphatic rings.